The van der Waals surface area contributed by atoms with Crippen molar-refractivity contribution < 1.29 is 14.6 Å². The summed E-state index contributed by atoms with van der Waals surface area (Å²) in [5.74, 6) is 0.0461. The molecule has 0 fully saturated rings. The zero-order valence-electron chi connectivity index (χ0n) is 14.4. The molecule has 0 saturated heterocycles. The van der Waals surface area contributed by atoms with E-state index in [2.05, 4.69) is 10.1 Å². The van der Waals surface area contributed by atoms with Gasteiger partial charge >= 0.3 is 0 Å². The molecule has 2 aromatic heterocycles. The van der Waals surface area contributed by atoms with Crippen molar-refractivity contribution in [2.45, 2.75) is 13.8 Å². The summed E-state index contributed by atoms with van der Waals surface area (Å²) in [7, 11) is 1.60. The average molecular weight is 371 g/mol. The number of methoxy groups -OCH3 is 1. The number of carbonyl (C=O) groups excluding carboxylic acids is 1. The number of hydrogen-bond donors (Lipinski definition) is 2. The number of aliphatic hydroxyl groups is 1. The van der Waals surface area contributed by atoms with E-state index in [0.717, 1.165) is 23.1 Å². The molecule has 7 nitrogen and oxygen atoms in total. The summed E-state index contributed by atoms with van der Waals surface area (Å²) < 4.78 is 6.40. The van der Waals surface area contributed by atoms with Gasteiger partial charge < -0.3 is 9.84 Å². The fraction of sp³-hybridized carbons (Fsp3) is 0.167. The predicted octanol–water partition coefficient (Wildman–Crippen LogP) is 3.09. The molecule has 3 rings (SSSR count). The maximum atomic E-state index is 12.6. The Hall–Kier alpha value is -3.13. The predicted molar refractivity (Wildman–Crippen MR) is 100 cm³/mol. The first-order valence-electron chi connectivity index (χ1n) is 7.74. The monoisotopic (exact) mass is 371 g/mol. The minimum Gasteiger partial charge on any atom is -0.507 e. The summed E-state index contributed by atoms with van der Waals surface area (Å²) in [4.78, 5) is 28.3. The number of carbonyl (C=O) groups is 1. The van der Waals surface area contributed by atoms with Crippen LogP contribution in [0.15, 0.2) is 40.5 Å². The van der Waals surface area contributed by atoms with Crippen LogP contribution >= 0.6 is 11.3 Å². The van der Waals surface area contributed by atoms with E-state index in [1.54, 1.807) is 14.0 Å². The summed E-state index contributed by atoms with van der Waals surface area (Å²) in [6.45, 7) is 2.95. The highest BCUT2D eigenvalue weighted by Crippen LogP contribution is 2.25. The van der Waals surface area contributed by atoms with Crippen LogP contribution in [0.5, 0.6) is 5.75 Å². The largest absolute Gasteiger partial charge is 0.507 e. The molecule has 2 heterocycles. The van der Waals surface area contributed by atoms with E-state index in [1.165, 1.54) is 22.9 Å². The molecule has 26 heavy (non-hydrogen) atoms. The third-order valence-corrected chi connectivity index (χ3v) is 4.56. The molecule has 0 bridgehead atoms. The number of aromatic amines is 1. The molecule has 2 N–H and O–H groups in total. The van der Waals surface area contributed by atoms with Gasteiger partial charge in [-0.25, -0.2) is 4.98 Å². The molecule has 1 aromatic carbocycles. The van der Waals surface area contributed by atoms with E-state index >= 15 is 0 Å². The number of aryl methyl sites for hydroxylation is 1. The van der Waals surface area contributed by atoms with Crippen molar-refractivity contribution in [1.82, 2.24) is 14.8 Å². The molecule has 0 spiro atoms. The first-order valence-corrected chi connectivity index (χ1v) is 8.62. The Morgan fingerprint density at radius 1 is 1.35 bits per heavy atom. The molecule has 8 heteroatoms. The normalized spacial score (nSPS) is 11.6. The van der Waals surface area contributed by atoms with Gasteiger partial charge in [0.2, 0.25) is 5.13 Å². The van der Waals surface area contributed by atoms with Crippen molar-refractivity contribution in [3.8, 4) is 22.1 Å². The van der Waals surface area contributed by atoms with Gasteiger partial charge in [0.15, 0.2) is 5.78 Å². The van der Waals surface area contributed by atoms with Crippen LogP contribution in [0, 0.1) is 6.92 Å². The molecule has 134 valence electrons. The zero-order chi connectivity index (χ0) is 18.8. The third kappa shape index (κ3) is 3.31. The highest BCUT2D eigenvalue weighted by Gasteiger charge is 2.18. The summed E-state index contributed by atoms with van der Waals surface area (Å²) >= 11 is 1.29. The molecule has 0 radical (unpaired) electrons. The van der Waals surface area contributed by atoms with Crippen molar-refractivity contribution in [3.05, 3.63) is 57.3 Å². The second-order valence-corrected chi connectivity index (χ2v) is 6.47. The number of thiazole rings is 1. The molecule has 0 aliphatic carbocycles. The minimum absolute atomic E-state index is 0.0568. The number of allylic oxidation sites excluding steroid dienone is 1. The number of benzene rings is 1. The minimum atomic E-state index is -0.465. The smallest absolute Gasteiger partial charge is 0.284 e. The molecule has 0 saturated carbocycles. The van der Waals surface area contributed by atoms with Crippen LogP contribution in [-0.2, 0) is 4.79 Å². The fourth-order valence-electron chi connectivity index (χ4n) is 2.51. The van der Waals surface area contributed by atoms with Crippen LogP contribution in [0.3, 0.4) is 0 Å². The van der Waals surface area contributed by atoms with E-state index in [4.69, 9.17) is 4.74 Å². The van der Waals surface area contributed by atoms with E-state index in [1.807, 2.05) is 29.6 Å². The molecule has 0 unspecified atom stereocenters. The number of rotatable bonds is 5. The molecule has 3 aromatic rings. The lowest BCUT2D eigenvalue weighted by Gasteiger charge is -2.00. The lowest BCUT2D eigenvalue weighted by atomic mass is 10.2. The second kappa shape index (κ2) is 7.01. The highest BCUT2D eigenvalue weighted by atomic mass is 32.1. The van der Waals surface area contributed by atoms with Crippen LogP contribution in [0.4, 0.5) is 0 Å². The van der Waals surface area contributed by atoms with Gasteiger partial charge in [-0.1, -0.05) is 0 Å². The van der Waals surface area contributed by atoms with Crippen molar-refractivity contribution in [2.75, 3.05) is 7.11 Å². The Morgan fingerprint density at radius 2 is 2.04 bits per heavy atom. The quantitative estimate of drug-likeness (QED) is 0.531. The standard InChI is InChI=1S/C18H17N3O4S/c1-10(22)8-15(23)16-11(2)20-21(17(16)24)18-19-14(9-26-18)12-4-6-13(25-3)7-5-12/h4-9,20,23H,1-3H3. The lowest BCUT2D eigenvalue weighted by molar-refractivity contribution is -0.112. The summed E-state index contributed by atoms with van der Waals surface area (Å²) in [5, 5.41) is 15.2. The zero-order valence-corrected chi connectivity index (χ0v) is 15.3. The van der Waals surface area contributed by atoms with Crippen LogP contribution in [0.25, 0.3) is 22.1 Å². The second-order valence-electron chi connectivity index (χ2n) is 5.64. The van der Waals surface area contributed by atoms with E-state index in [-0.39, 0.29) is 17.1 Å². The number of ketones is 1. The Kier molecular flexibility index (Phi) is 4.77. The molecule has 0 aliphatic heterocycles. The van der Waals surface area contributed by atoms with Gasteiger partial charge in [0, 0.05) is 22.7 Å². The molecular weight excluding hydrogens is 354 g/mol. The molecule has 0 aliphatic rings. The average Bonchev–Trinajstić information content (AvgIpc) is 3.19. The number of hydrogen-bond acceptors (Lipinski definition) is 6. The number of ether oxygens (including phenoxy) is 1. The Bertz CT molecular complexity index is 1040. The van der Waals surface area contributed by atoms with Gasteiger partial charge in [-0.2, -0.15) is 4.68 Å². The van der Waals surface area contributed by atoms with E-state index in [9.17, 15) is 14.7 Å². The van der Waals surface area contributed by atoms with Gasteiger partial charge in [-0.05, 0) is 38.1 Å². The lowest BCUT2D eigenvalue weighted by Crippen LogP contribution is -2.17. The van der Waals surface area contributed by atoms with Gasteiger partial charge in [0.05, 0.1) is 12.8 Å². The summed E-state index contributed by atoms with van der Waals surface area (Å²) in [5.41, 5.74) is 1.65. The Morgan fingerprint density at radius 3 is 2.65 bits per heavy atom. The SMILES string of the molecule is COc1ccc(-c2csc(-n3[nH]c(C)c(C(O)=CC(C)=O)c3=O)n2)cc1. The first-order chi connectivity index (χ1) is 12.4. The maximum Gasteiger partial charge on any atom is 0.284 e. The molecule has 0 amide bonds. The van der Waals surface area contributed by atoms with Gasteiger partial charge in [-0.15, -0.1) is 11.3 Å². The van der Waals surface area contributed by atoms with Crippen molar-refractivity contribution in [3.63, 3.8) is 0 Å². The van der Waals surface area contributed by atoms with Gasteiger partial charge in [0.25, 0.3) is 5.56 Å². The number of nitrogens with one attached hydrogen (secondary N) is 1. The third-order valence-electron chi connectivity index (χ3n) is 3.74. The maximum absolute atomic E-state index is 12.6. The van der Waals surface area contributed by atoms with Gasteiger partial charge in [0.1, 0.15) is 17.1 Å². The number of nitrogens with zero attached hydrogens (tertiary/aromatic N) is 2. The first kappa shape index (κ1) is 17.7. The number of aliphatic hydroxyl groups excluding tert-OH is 1. The van der Waals surface area contributed by atoms with Crippen LogP contribution in [-0.4, -0.2) is 32.8 Å². The van der Waals surface area contributed by atoms with Crippen LogP contribution in [0.1, 0.15) is 18.2 Å². The number of aromatic nitrogens is 3. The van der Waals surface area contributed by atoms with Crippen LogP contribution < -0.4 is 10.3 Å². The van der Waals surface area contributed by atoms with E-state index in [0.29, 0.717) is 10.8 Å². The molecular formula is C18H17N3O4S. The van der Waals surface area contributed by atoms with Crippen molar-refractivity contribution in [2.24, 2.45) is 0 Å². The Labute approximate surface area is 153 Å². The van der Waals surface area contributed by atoms with Crippen molar-refractivity contribution >= 4 is 22.9 Å². The molecule has 0 atom stereocenters. The van der Waals surface area contributed by atoms with Gasteiger partial charge in [-0.3, -0.25) is 14.7 Å². The van der Waals surface area contributed by atoms with Crippen molar-refractivity contribution in [1.29, 1.82) is 0 Å². The topological polar surface area (TPSA) is 97.2 Å². The Balaban J connectivity index is 1.99. The summed E-state index contributed by atoms with van der Waals surface area (Å²) in [6.07, 6.45) is 1.02. The number of H-pyrrole nitrogens is 1. The fourth-order valence-corrected chi connectivity index (χ4v) is 3.30. The highest BCUT2D eigenvalue weighted by molar-refractivity contribution is 7.12. The van der Waals surface area contributed by atoms with E-state index < -0.39 is 5.56 Å². The summed E-state index contributed by atoms with van der Waals surface area (Å²) in [6, 6.07) is 7.44. The van der Waals surface area contributed by atoms with Crippen LogP contribution in [0.2, 0.25) is 0 Å².